The predicted molar refractivity (Wildman–Crippen MR) is 128 cm³/mol. The number of benzene rings is 4. The van der Waals surface area contributed by atoms with Crippen molar-refractivity contribution in [1.29, 1.82) is 0 Å². The zero-order chi connectivity index (χ0) is 18.5. The van der Waals surface area contributed by atoms with Gasteiger partial charge in [0.05, 0.1) is 0 Å². The van der Waals surface area contributed by atoms with Crippen molar-refractivity contribution in [2.45, 2.75) is 0 Å². The Hall–Kier alpha value is -2.54. The Bertz CT molecular complexity index is 920. The van der Waals surface area contributed by atoms with Crippen LogP contribution in [0.15, 0.2) is 115 Å². The molecule has 0 aromatic heterocycles. The summed E-state index contributed by atoms with van der Waals surface area (Å²) in [6, 6.07) is 40.4. The average Bonchev–Trinajstić information content (AvgIpc) is 2.77. The number of hydrogen-bond acceptors (Lipinski definition) is 1. The van der Waals surface area contributed by atoms with Gasteiger partial charge in [-0.25, -0.2) is 0 Å². The summed E-state index contributed by atoms with van der Waals surface area (Å²) in [7, 11) is -2.45. The van der Waals surface area contributed by atoms with E-state index in [4.69, 9.17) is 0 Å². The van der Waals surface area contributed by atoms with Crippen LogP contribution in [0.3, 0.4) is 0 Å². The van der Waals surface area contributed by atoms with Gasteiger partial charge in [-0.05, 0) is 0 Å². The monoisotopic (exact) mass is 448 g/mol. The van der Waals surface area contributed by atoms with Crippen LogP contribution in [0.2, 0.25) is 0 Å². The fourth-order valence-corrected chi connectivity index (χ4v) is 8.62. The summed E-state index contributed by atoms with van der Waals surface area (Å²) < 4.78 is 0. The summed E-state index contributed by atoms with van der Waals surface area (Å²) >= 11 is 0. The molecular weight excluding hydrogens is 427 g/mol. The Balaban J connectivity index is 0.00000225. The number of rotatable bonds is 5. The van der Waals surface area contributed by atoms with Crippen molar-refractivity contribution >= 4 is 51.7 Å². The predicted octanol–water partition coefficient (Wildman–Crippen LogP) is 4.43. The molecule has 140 valence electrons. The molecule has 4 aromatic rings. The first kappa shape index (κ1) is 20.2. The first-order chi connectivity index (χ1) is 13.4. The van der Waals surface area contributed by atoms with Crippen LogP contribution in [0, 0.1) is 0 Å². The summed E-state index contributed by atoms with van der Waals surface area (Å²) in [6.45, 7) is 0. The van der Waals surface area contributed by atoms with Gasteiger partial charge in [-0.2, -0.15) is 0 Å². The molecule has 28 heavy (non-hydrogen) atoms. The van der Waals surface area contributed by atoms with E-state index in [-0.39, 0.29) is 17.0 Å². The molecule has 0 fully saturated rings. The van der Waals surface area contributed by atoms with E-state index in [2.05, 4.69) is 103 Å². The minimum absolute atomic E-state index is 0. The maximum atomic E-state index is 11.2. The van der Waals surface area contributed by atoms with E-state index in [1.807, 2.05) is 12.1 Å². The molecule has 4 rings (SSSR count). The molecule has 0 aliphatic heterocycles. The molecule has 0 radical (unpaired) electrons. The molecular formula is C25H22BrOP. The molecule has 0 amide bonds. The van der Waals surface area contributed by atoms with Gasteiger partial charge in [0.2, 0.25) is 0 Å². The Morgan fingerprint density at radius 2 is 0.786 bits per heavy atom. The van der Waals surface area contributed by atoms with E-state index < -0.39 is 7.26 Å². The van der Waals surface area contributed by atoms with Crippen LogP contribution in [0.1, 0.15) is 10.4 Å². The molecule has 4 aromatic carbocycles. The third kappa shape index (κ3) is 3.58. The molecule has 3 heteroatoms. The van der Waals surface area contributed by atoms with Crippen LogP contribution in [0.4, 0.5) is 0 Å². The Morgan fingerprint density at radius 3 is 1.11 bits per heavy atom. The molecule has 0 heterocycles. The first-order valence-electron chi connectivity index (χ1n) is 9.08. The molecule has 0 bridgehead atoms. The third-order valence-corrected chi connectivity index (χ3v) is 9.90. The Kier molecular flexibility index (Phi) is 6.57. The molecule has 0 atom stereocenters. The summed E-state index contributed by atoms with van der Waals surface area (Å²) in [5.74, 6) is 0. The van der Waals surface area contributed by atoms with E-state index in [1.54, 1.807) is 0 Å². The van der Waals surface area contributed by atoms with E-state index in [9.17, 15) is 4.79 Å². The second-order valence-corrected chi connectivity index (χ2v) is 10.4. The Morgan fingerprint density at radius 1 is 0.464 bits per heavy atom. The van der Waals surface area contributed by atoms with Gasteiger partial charge in [-0.1, -0.05) is 0 Å². The van der Waals surface area contributed by atoms with Gasteiger partial charge in [-0.3, -0.25) is 0 Å². The number of carbonyl (C=O) groups excluding carboxylic acids is 1. The van der Waals surface area contributed by atoms with Crippen molar-refractivity contribution in [3.05, 3.63) is 121 Å². The van der Waals surface area contributed by atoms with Gasteiger partial charge < -0.3 is 0 Å². The van der Waals surface area contributed by atoms with Gasteiger partial charge >= 0.3 is 160 Å². The van der Waals surface area contributed by atoms with Crippen molar-refractivity contribution in [2.75, 3.05) is 0 Å². The van der Waals surface area contributed by atoms with E-state index in [0.717, 1.165) is 6.29 Å². The van der Waals surface area contributed by atoms with Gasteiger partial charge in [0, 0.05) is 0 Å². The molecule has 0 unspecified atom stereocenters. The van der Waals surface area contributed by atoms with E-state index in [1.165, 1.54) is 21.2 Å². The van der Waals surface area contributed by atoms with E-state index >= 15 is 0 Å². The summed E-state index contributed by atoms with van der Waals surface area (Å²) in [6.07, 6.45) is 0.903. The van der Waals surface area contributed by atoms with Crippen LogP contribution < -0.4 is 21.2 Å². The number of halogens is 1. The van der Waals surface area contributed by atoms with Crippen molar-refractivity contribution in [1.82, 2.24) is 0 Å². The van der Waals surface area contributed by atoms with Crippen LogP contribution in [0.5, 0.6) is 0 Å². The molecule has 1 nitrogen and oxygen atoms in total. The topological polar surface area (TPSA) is 17.1 Å². The van der Waals surface area contributed by atoms with Crippen molar-refractivity contribution in [2.24, 2.45) is 0 Å². The van der Waals surface area contributed by atoms with Gasteiger partial charge in [0.25, 0.3) is 0 Å². The first-order valence-corrected chi connectivity index (χ1v) is 11.1. The SMILES string of the molecule is Br.O=Cc1ccc([PH](c2ccccc2)(c2ccccc2)c2ccccc2)cc1. The Labute approximate surface area is 177 Å². The van der Waals surface area contributed by atoms with E-state index in [0.29, 0.717) is 5.56 Å². The van der Waals surface area contributed by atoms with Gasteiger partial charge in [0.1, 0.15) is 0 Å². The summed E-state index contributed by atoms with van der Waals surface area (Å²) in [5.41, 5.74) is 0.704. The van der Waals surface area contributed by atoms with Crippen LogP contribution >= 0.6 is 24.2 Å². The van der Waals surface area contributed by atoms with Crippen LogP contribution in [0.25, 0.3) is 0 Å². The van der Waals surface area contributed by atoms with Crippen LogP contribution in [-0.2, 0) is 0 Å². The standard InChI is InChI=1S/C25H21OP.BrH/c26-20-21-16-18-25(19-17-21)27(22-10-4-1-5-11-22,23-12-6-2-7-13-23)24-14-8-3-9-15-24;/h1-20,27H;1H. The summed E-state index contributed by atoms with van der Waals surface area (Å²) in [4.78, 5) is 11.2. The minimum atomic E-state index is -2.45. The zero-order valence-corrected chi connectivity index (χ0v) is 18.1. The second-order valence-electron chi connectivity index (χ2n) is 6.59. The van der Waals surface area contributed by atoms with Gasteiger partial charge in [-0.15, -0.1) is 17.0 Å². The fourth-order valence-electron chi connectivity index (χ4n) is 3.88. The summed E-state index contributed by atoms with van der Waals surface area (Å²) in [5, 5.41) is 5.28. The van der Waals surface area contributed by atoms with Gasteiger partial charge in [0.15, 0.2) is 0 Å². The molecule has 0 aliphatic carbocycles. The maximum absolute atomic E-state index is 11.2. The molecule has 0 N–H and O–H groups in total. The van der Waals surface area contributed by atoms with Crippen LogP contribution in [-0.4, -0.2) is 6.29 Å². The van der Waals surface area contributed by atoms with Crippen molar-refractivity contribution in [3.63, 3.8) is 0 Å². The second kappa shape index (κ2) is 9.10. The molecule has 0 saturated heterocycles. The third-order valence-electron chi connectivity index (χ3n) is 5.10. The fraction of sp³-hybridized carbons (Fsp3) is 0. The normalized spacial score (nSPS) is 11.3. The number of carbonyl (C=O) groups is 1. The molecule has 0 aliphatic rings. The zero-order valence-electron chi connectivity index (χ0n) is 15.4. The van der Waals surface area contributed by atoms with Crippen molar-refractivity contribution < 1.29 is 4.79 Å². The average molecular weight is 449 g/mol. The number of aldehydes is 1. The number of hydrogen-bond donors (Lipinski definition) is 0. The molecule has 0 saturated carbocycles. The molecule has 0 spiro atoms. The quantitative estimate of drug-likeness (QED) is 0.326. The van der Waals surface area contributed by atoms with Crippen molar-refractivity contribution in [3.8, 4) is 0 Å².